The molecule has 2 heterocycles. The van der Waals surface area contributed by atoms with Crippen LogP contribution in [0.15, 0.2) is 55.1 Å². The molecule has 0 aliphatic rings. The molecule has 1 aromatic carbocycles. The predicted molar refractivity (Wildman–Crippen MR) is 93.9 cm³/mol. The van der Waals surface area contributed by atoms with Crippen LogP contribution in [0, 0.1) is 17.5 Å². The van der Waals surface area contributed by atoms with Crippen molar-refractivity contribution in [3.63, 3.8) is 0 Å². The van der Waals surface area contributed by atoms with Crippen LogP contribution >= 0.6 is 0 Å². The molecule has 9 heteroatoms. The van der Waals surface area contributed by atoms with Crippen molar-refractivity contribution in [2.75, 3.05) is 5.32 Å². The molecule has 28 heavy (non-hydrogen) atoms. The van der Waals surface area contributed by atoms with E-state index in [1.165, 1.54) is 12.3 Å². The first-order valence-electron chi connectivity index (χ1n) is 8.02. The number of nitrogens with one attached hydrogen (secondary N) is 2. The lowest BCUT2D eigenvalue weighted by Crippen LogP contribution is -2.23. The van der Waals surface area contributed by atoms with Gasteiger partial charge in [-0.2, -0.15) is 0 Å². The summed E-state index contributed by atoms with van der Waals surface area (Å²) in [5, 5.41) is 4.78. The van der Waals surface area contributed by atoms with E-state index in [0.29, 0.717) is 6.07 Å². The van der Waals surface area contributed by atoms with Gasteiger partial charge >= 0.3 is 0 Å². The average molecular weight is 386 g/mol. The van der Waals surface area contributed by atoms with Gasteiger partial charge in [-0.15, -0.1) is 0 Å². The molecule has 0 radical (unpaired) electrons. The van der Waals surface area contributed by atoms with Gasteiger partial charge in [0.25, 0.3) is 11.8 Å². The van der Waals surface area contributed by atoms with Gasteiger partial charge in [-0.05, 0) is 35.9 Å². The Hall–Kier alpha value is -3.75. The molecule has 0 aliphatic carbocycles. The molecule has 2 aromatic heterocycles. The number of anilines is 1. The van der Waals surface area contributed by atoms with Crippen LogP contribution in [0.4, 0.5) is 18.9 Å². The molecule has 0 bridgehead atoms. The zero-order valence-electron chi connectivity index (χ0n) is 14.2. The number of carbonyl (C=O) groups excluding carboxylic acids is 2. The number of carbonyl (C=O) groups is 2. The number of hydrogen-bond acceptors (Lipinski definition) is 4. The van der Waals surface area contributed by atoms with Crippen molar-refractivity contribution in [3.8, 4) is 0 Å². The van der Waals surface area contributed by atoms with Crippen LogP contribution in [-0.2, 0) is 6.54 Å². The first-order valence-corrected chi connectivity index (χ1v) is 8.02. The second-order valence-corrected chi connectivity index (χ2v) is 5.68. The lowest BCUT2D eigenvalue weighted by molar-refractivity contribution is 0.0950. The zero-order chi connectivity index (χ0) is 20.1. The van der Waals surface area contributed by atoms with Crippen molar-refractivity contribution >= 4 is 17.5 Å². The monoisotopic (exact) mass is 386 g/mol. The molecule has 2 N–H and O–H groups in total. The van der Waals surface area contributed by atoms with Gasteiger partial charge in [0.2, 0.25) is 0 Å². The molecule has 2 amide bonds. The van der Waals surface area contributed by atoms with Crippen LogP contribution in [0.2, 0.25) is 0 Å². The highest BCUT2D eigenvalue weighted by atomic mass is 19.2. The normalized spacial score (nSPS) is 10.4. The summed E-state index contributed by atoms with van der Waals surface area (Å²) in [5.74, 6) is -5.89. The maximum absolute atomic E-state index is 13.7. The lowest BCUT2D eigenvalue weighted by atomic mass is 10.1. The van der Waals surface area contributed by atoms with E-state index >= 15 is 0 Å². The van der Waals surface area contributed by atoms with E-state index in [2.05, 4.69) is 20.6 Å². The second kappa shape index (κ2) is 8.30. The molecular formula is C19H13F3N4O2. The molecule has 0 saturated carbocycles. The highest BCUT2D eigenvalue weighted by Crippen LogP contribution is 2.20. The summed E-state index contributed by atoms with van der Waals surface area (Å²) < 4.78 is 39.9. The third kappa shape index (κ3) is 4.32. The molecule has 6 nitrogen and oxygen atoms in total. The Labute approximate surface area is 157 Å². The quantitative estimate of drug-likeness (QED) is 0.660. The summed E-state index contributed by atoms with van der Waals surface area (Å²) >= 11 is 0. The smallest absolute Gasteiger partial charge is 0.257 e. The fourth-order valence-corrected chi connectivity index (χ4v) is 2.29. The molecule has 3 rings (SSSR count). The summed E-state index contributed by atoms with van der Waals surface area (Å²) in [4.78, 5) is 32.2. The Morgan fingerprint density at radius 1 is 0.857 bits per heavy atom. The van der Waals surface area contributed by atoms with Crippen LogP contribution in [-0.4, -0.2) is 21.8 Å². The van der Waals surface area contributed by atoms with Gasteiger partial charge in [-0.25, -0.2) is 13.2 Å². The third-order valence-corrected chi connectivity index (χ3v) is 3.75. The fraction of sp³-hybridized carbons (Fsp3) is 0.0526. The number of amides is 2. The van der Waals surface area contributed by atoms with Gasteiger partial charge in [0.05, 0.1) is 16.8 Å². The number of benzene rings is 1. The highest BCUT2D eigenvalue weighted by molar-refractivity contribution is 6.05. The zero-order valence-corrected chi connectivity index (χ0v) is 14.2. The largest absolute Gasteiger partial charge is 0.348 e. The van der Waals surface area contributed by atoms with E-state index in [-0.39, 0.29) is 17.7 Å². The Morgan fingerprint density at radius 3 is 2.25 bits per heavy atom. The minimum Gasteiger partial charge on any atom is -0.348 e. The molecule has 0 atom stereocenters. The van der Waals surface area contributed by atoms with Gasteiger partial charge < -0.3 is 10.6 Å². The van der Waals surface area contributed by atoms with Crippen molar-refractivity contribution in [1.29, 1.82) is 0 Å². The van der Waals surface area contributed by atoms with Crippen LogP contribution in [0.3, 0.4) is 0 Å². The van der Waals surface area contributed by atoms with Crippen LogP contribution < -0.4 is 10.6 Å². The average Bonchev–Trinajstić information content (AvgIpc) is 2.73. The molecule has 0 aliphatic heterocycles. The summed E-state index contributed by atoms with van der Waals surface area (Å²) in [5.41, 5.74) is 0.351. The van der Waals surface area contributed by atoms with E-state index in [1.807, 2.05) is 0 Å². The van der Waals surface area contributed by atoms with Crippen molar-refractivity contribution in [3.05, 3.63) is 89.3 Å². The van der Waals surface area contributed by atoms with E-state index in [4.69, 9.17) is 0 Å². The lowest BCUT2D eigenvalue weighted by Gasteiger charge is -2.09. The minimum absolute atomic E-state index is 0.0549. The summed E-state index contributed by atoms with van der Waals surface area (Å²) in [7, 11) is 0. The number of halogens is 3. The van der Waals surface area contributed by atoms with E-state index in [9.17, 15) is 22.8 Å². The first-order chi connectivity index (χ1) is 13.5. The minimum atomic E-state index is -1.69. The Bertz CT molecular complexity index is 1030. The first kappa shape index (κ1) is 19.0. The van der Waals surface area contributed by atoms with Gasteiger partial charge in [0.15, 0.2) is 17.5 Å². The number of pyridine rings is 2. The molecule has 0 unspecified atom stereocenters. The predicted octanol–water partition coefficient (Wildman–Crippen LogP) is 3.08. The molecule has 3 aromatic rings. The van der Waals surface area contributed by atoms with Gasteiger partial charge in [-0.3, -0.25) is 19.6 Å². The second-order valence-electron chi connectivity index (χ2n) is 5.68. The Kier molecular flexibility index (Phi) is 5.64. The Balaban J connectivity index is 1.71. The van der Waals surface area contributed by atoms with Gasteiger partial charge in [0, 0.05) is 31.3 Å². The number of rotatable bonds is 5. The van der Waals surface area contributed by atoms with E-state index in [1.54, 1.807) is 24.5 Å². The summed E-state index contributed by atoms with van der Waals surface area (Å²) in [6.45, 7) is 0.248. The topological polar surface area (TPSA) is 84.0 Å². The molecule has 0 spiro atoms. The number of aromatic nitrogens is 2. The van der Waals surface area contributed by atoms with Crippen LogP contribution in [0.1, 0.15) is 26.3 Å². The molecular weight excluding hydrogens is 373 g/mol. The highest BCUT2D eigenvalue weighted by Gasteiger charge is 2.17. The summed E-state index contributed by atoms with van der Waals surface area (Å²) in [6.07, 6.45) is 5.60. The van der Waals surface area contributed by atoms with Crippen molar-refractivity contribution in [2.24, 2.45) is 0 Å². The molecule has 0 fully saturated rings. The summed E-state index contributed by atoms with van der Waals surface area (Å²) in [6, 6.07) is 6.30. The maximum Gasteiger partial charge on any atom is 0.257 e. The standard InChI is InChI=1S/C19H13F3N4O2/c20-14-1-2-15(17(22)16(14)21)26-19(28)13-7-12(9-24-10-13)18(27)25-8-11-3-5-23-6-4-11/h1-7,9-10H,8H2,(H,25,27)(H,26,28). The van der Waals surface area contributed by atoms with E-state index in [0.717, 1.165) is 17.8 Å². The number of hydrogen-bond donors (Lipinski definition) is 2. The van der Waals surface area contributed by atoms with Crippen molar-refractivity contribution < 1.29 is 22.8 Å². The van der Waals surface area contributed by atoms with Gasteiger partial charge in [-0.1, -0.05) is 0 Å². The van der Waals surface area contributed by atoms with Gasteiger partial charge in [0.1, 0.15) is 0 Å². The molecule has 142 valence electrons. The van der Waals surface area contributed by atoms with Crippen LogP contribution in [0.25, 0.3) is 0 Å². The van der Waals surface area contributed by atoms with Crippen molar-refractivity contribution in [2.45, 2.75) is 6.54 Å². The maximum atomic E-state index is 13.7. The fourth-order valence-electron chi connectivity index (χ4n) is 2.29. The van der Waals surface area contributed by atoms with E-state index < -0.39 is 35.0 Å². The third-order valence-electron chi connectivity index (χ3n) is 3.75. The number of nitrogens with zero attached hydrogens (tertiary/aromatic N) is 2. The van der Waals surface area contributed by atoms with Crippen molar-refractivity contribution in [1.82, 2.24) is 15.3 Å². The molecule has 0 saturated heterocycles. The SMILES string of the molecule is O=C(NCc1ccncc1)c1cncc(C(=O)Nc2ccc(F)c(F)c2F)c1. The van der Waals surface area contributed by atoms with Crippen LogP contribution in [0.5, 0.6) is 0 Å². The Morgan fingerprint density at radius 2 is 1.54 bits per heavy atom.